The van der Waals surface area contributed by atoms with Crippen molar-refractivity contribution in [2.45, 2.75) is 32.7 Å². The molecule has 3 nitrogen and oxygen atoms in total. The molecule has 1 aliphatic carbocycles. The molecule has 1 aromatic carbocycles. The van der Waals surface area contributed by atoms with Gasteiger partial charge in [-0.25, -0.2) is 9.97 Å². The minimum Gasteiger partial charge on any atom is -0.324 e. The van der Waals surface area contributed by atoms with Crippen molar-refractivity contribution in [3.63, 3.8) is 0 Å². The number of hydrogen-bond acceptors (Lipinski definition) is 3. The van der Waals surface area contributed by atoms with Crippen LogP contribution in [0.25, 0.3) is 11.4 Å². The average molecular weight is 332 g/mol. The Morgan fingerprint density at radius 3 is 2.90 bits per heavy atom. The van der Waals surface area contributed by atoms with Crippen molar-refractivity contribution < 1.29 is 0 Å². The Kier molecular flexibility index (Phi) is 3.38. The minimum absolute atomic E-state index is 0.0466. The van der Waals surface area contributed by atoms with Gasteiger partial charge >= 0.3 is 0 Å². The van der Waals surface area contributed by atoms with Gasteiger partial charge in [-0.1, -0.05) is 41.9 Å². The predicted molar refractivity (Wildman–Crippen MR) is 84.2 cm³/mol. The number of rotatable bonds is 1. The molecule has 2 N–H and O–H groups in total. The highest BCUT2D eigenvalue weighted by Crippen LogP contribution is 2.38. The normalized spacial score (nSPS) is 20.5. The molecule has 0 aliphatic heterocycles. The van der Waals surface area contributed by atoms with Crippen LogP contribution in [0.1, 0.15) is 37.6 Å². The van der Waals surface area contributed by atoms with Crippen LogP contribution in [0.15, 0.2) is 34.9 Å². The summed E-state index contributed by atoms with van der Waals surface area (Å²) in [5.74, 6) is 0.773. The van der Waals surface area contributed by atoms with Gasteiger partial charge in [0.2, 0.25) is 0 Å². The Labute approximate surface area is 127 Å². The molecule has 1 unspecified atom stereocenters. The largest absolute Gasteiger partial charge is 0.324 e. The average Bonchev–Trinajstić information content (AvgIpc) is 2.36. The van der Waals surface area contributed by atoms with Gasteiger partial charge in [0.25, 0.3) is 0 Å². The predicted octanol–water partition coefficient (Wildman–Crippen LogP) is 3.88. The molecular formula is C16H18BrN3. The van der Waals surface area contributed by atoms with Gasteiger partial charge in [0.15, 0.2) is 5.82 Å². The maximum absolute atomic E-state index is 6.25. The van der Waals surface area contributed by atoms with E-state index in [1.54, 1.807) is 0 Å². The highest BCUT2D eigenvalue weighted by Gasteiger charge is 2.31. The van der Waals surface area contributed by atoms with E-state index in [9.17, 15) is 0 Å². The molecule has 1 heterocycles. The molecule has 2 aromatic rings. The maximum Gasteiger partial charge on any atom is 0.159 e. The quantitative estimate of drug-likeness (QED) is 0.862. The van der Waals surface area contributed by atoms with Crippen molar-refractivity contribution in [1.29, 1.82) is 0 Å². The summed E-state index contributed by atoms with van der Waals surface area (Å²) in [6.07, 6.45) is 3.84. The Hall–Kier alpha value is -1.26. The molecule has 0 radical (unpaired) electrons. The SMILES string of the molecule is CC1(C)Cc2nc(-c3cccc(Br)c3)ncc2C(N)C1. The number of nitrogens with zero attached hydrogens (tertiary/aromatic N) is 2. The highest BCUT2D eigenvalue weighted by atomic mass is 79.9. The zero-order valence-electron chi connectivity index (χ0n) is 11.7. The molecule has 0 amide bonds. The summed E-state index contributed by atoms with van der Waals surface area (Å²) in [5, 5.41) is 0. The summed E-state index contributed by atoms with van der Waals surface area (Å²) in [4.78, 5) is 9.25. The van der Waals surface area contributed by atoms with Gasteiger partial charge in [-0.2, -0.15) is 0 Å². The van der Waals surface area contributed by atoms with Crippen molar-refractivity contribution in [1.82, 2.24) is 9.97 Å². The van der Waals surface area contributed by atoms with Crippen LogP contribution in [0.2, 0.25) is 0 Å². The van der Waals surface area contributed by atoms with E-state index in [1.807, 2.05) is 30.5 Å². The Morgan fingerprint density at radius 2 is 2.15 bits per heavy atom. The number of benzene rings is 1. The first-order valence-corrected chi connectivity index (χ1v) is 7.61. The zero-order valence-corrected chi connectivity index (χ0v) is 13.3. The molecule has 0 spiro atoms. The van der Waals surface area contributed by atoms with Crippen LogP contribution in [-0.4, -0.2) is 9.97 Å². The second kappa shape index (κ2) is 4.93. The first-order chi connectivity index (χ1) is 9.44. The number of nitrogens with two attached hydrogens (primary N) is 1. The standard InChI is InChI=1S/C16H18BrN3/c1-16(2)7-13(18)12-9-19-15(20-14(12)8-16)10-4-3-5-11(17)6-10/h3-6,9,13H,7-8,18H2,1-2H3. The summed E-state index contributed by atoms with van der Waals surface area (Å²) in [6, 6.07) is 8.11. The van der Waals surface area contributed by atoms with E-state index in [1.165, 1.54) is 0 Å². The summed E-state index contributed by atoms with van der Waals surface area (Å²) < 4.78 is 1.04. The van der Waals surface area contributed by atoms with E-state index >= 15 is 0 Å². The Balaban J connectivity index is 2.05. The fourth-order valence-corrected chi connectivity index (χ4v) is 3.27. The third kappa shape index (κ3) is 2.63. The van der Waals surface area contributed by atoms with E-state index in [0.717, 1.165) is 40.0 Å². The number of fused-ring (bicyclic) bond motifs is 1. The van der Waals surface area contributed by atoms with E-state index in [2.05, 4.69) is 34.8 Å². The summed E-state index contributed by atoms with van der Waals surface area (Å²) >= 11 is 3.49. The first kappa shape index (κ1) is 13.7. The molecule has 1 aliphatic rings. The second-order valence-electron chi connectivity index (χ2n) is 6.26. The van der Waals surface area contributed by atoms with Gasteiger partial charge < -0.3 is 5.73 Å². The number of hydrogen-bond donors (Lipinski definition) is 1. The number of aromatic nitrogens is 2. The second-order valence-corrected chi connectivity index (χ2v) is 7.17. The molecule has 1 atom stereocenters. The van der Waals surface area contributed by atoms with Gasteiger partial charge in [0, 0.05) is 33.5 Å². The van der Waals surface area contributed by atoms with E-state index < -0.39 is 0 Å². The zero-order chi connectivity index (χ0) is 14.3. The van der Waals surface area contributed by atoms with Crippen LogP contribution in [0.4, 0.5) is 0 Å². The van der Waals surface area contributed by atoms with Crippen LogP contribution in [0.3, 0.4) is 0 Å². The fourth-order valence-electron chi connectivity index (χ4n) is 2.88. The van der Waals surface area contributed by atoms with Crippen molar-refractivity contribution in [3.8, 4) is 11.4 Å². The van der Waals surface area contributed by atoms with Crippen LogP contribution >= 0.6 is 15.9 Å². The third-order valence-electron chi connectivity index (χ3n) is 3.80. The van der Waals surface area contributed by atoms with Crippen molar-refractivity contribution >= 4 is 15.9 Å². The lowest BCUT2D eigenvalue weighted by atomic mass is 9.74. The van der Waals surface area contributed by atoms with E-state index in [0.29, 0.717) is 0 Å². The summed E-state index contributed by atoms with van der Waals surface area (Å²) in [6.45, 7) is 4.49. The Morgan fingerprint density at radius 1 is 1.35 bits per heavy atom. The summed E-state index contributed by atoms with van der Waals surface area (Å²) in [5.41, 5.74) is 9.67. The number of halogens is 1. The topological polar surface area (TPSA) is 51.8 Å². The van der Waals surface area contributed by atoms with Crippen LogP contribution in [-0.2, 0) is 6.42 Å². The fraction of sp³-hybridized carbons (Fsp3) is 0.375. The first-order valence-electron chi connectivity index (χ1n) is 6.82. The molecule has 3 rings (SSSR count). The van der Waals surface area contributed by atoms with Gasteiger partial charge in [0.05, 0.1) is 0 Å². The lowest BCUT2D eigenvalue weighted by molar-refractivity contribution is 0.278. The molecule has 0 fully saturated rings. The molecule has 0 saturated carbocycles. The van der Waals surface area contributed by atoms with Crippen LogP contribution in [0, 0.1) is 5.41 Å². The maximum atomic E-state index is 6.25. The lowest BCUT2D eigenvalue weighted by Crippen LogP contribution is -2.30. The molecule has 0 saturated heterocycles. The van der Waals surface area contributed by atoms with Crippen molar-refractivity contribution in [3.05, 3.63) is 46.2 Å². The molecule has 0 bridgehead atoms. The van der Waals surface area contributed by atoms with Gasteiger partial charge in [-0.15, -0.1) is 0 Å². The minimum atomic E-state index is 0.0466. The van der Waals surface area contributed by atoms with Gasteiger partial charge in [-0.05, 0) is 30.4 Å². The van der Waals surface area contributed by atoms with E-state index in [4.69, 9.17) is 10.7 Å². The molecule has 20 heavy (non-hydrogen) atoms. The molecular weight excluding hydrogens is 314 g/mol. The van der Waals surface area contributed by atoms with Crippen LogP contribution in [0.5, 0.6) is 0 Å². The molecule has 1 aromatic heterocycles. The van der Waals surface area contributed by atoms with Crippen molar-refractivity contribution in [2.24, 2.45) is 11.1 Å². The van der Waals surface area contributed by atoms with E-state index in [-0.39, 0.29) is 11.5 Å². The summed E-state index contributed by atoms with van der Waals surface area (Å²) in [7, 11) is 0. The highest BCUT2D eigenvalue weighted by molar-refractivity contribution is 9.10. The van der Waals surface area contributed by atoms with Gasteiger partial charge in [-0.3, -0.25) is 0 Å². The molecule has 4 heteroatoms. The van der Waals surface area contributed by atoms with Crippen molar-refractivity contribution in [2.75, 3.05) is 0 Å². The smallest absolute Gasteiger partial charge is 0.159 e. The lowest BCUT2D eigenvalue weighted by Gasteiger charge is -2.34. The Bertz CT molecular complexity index is 652. The monoisotopic (exact) mass is 331 g/mol. The molecule has 104 valence electrons. The van der Waals surface area contributed by atoms with Gasteiger partial charge in [0.1, 0.15) is 0 Å². The van der Waals surface area contributed by atoms with Crippen LogP contribution < -0.4 is 5.73 Å². The third-order valence-corrected chi connectivity index (χ3v) is 4.29.